The fourth-order valence-corrected chi connectivity index (χ4v) is 5.93. The number of fused-ring (bicyclic) bond motifs is 1. The Balaban J connectivity index is 1.40. The van der Waals surface area contributed by atoms with Crippen LogP contribution in [0.15, 0.2) is 77.7 Å². The minimum Gasteiger partial charge on any atom is -0.325 e. The van der Waals surface area contributed by atoms with E-state index in [0.29, 0.717) is 29.4 Å². The summed E-state index contributed by atoms with van der Waals surface area (Å²) in [5.41, 5.74) is 3.62. The Kier molecular flexibility index (Phi) is 7.60. The lowest BCUT2D eigenvalue weighted by Crippen LogP contribution is -2.33. The van der Waals surface area contributed by atoms with Gasteiger partial charge in [-0.1, -0.05) is 55.8 Å². The zero-order valence-electron chi connectivity index (χ0n) is 21.4. The van der Waals surface area contributed by atoms with Crippen molar-refractivity contribution in [1.29, 1.82) is 0 Å². The number of amides is 1. The molecule has 0 saturated carbocycles. The third-order valence-corrected chi connectivity index (χ3v) is 8.20. The van der Waals surface area contributed by atoms with E-state index in [9.17, 15) is 13.2 Å². The van der Waals surface area contributed by atoms with Crippen LogP contribution in [-0.2, 0) is 14.8 Å². The van der Waals surface area contributed by atoms with Crippen molar-refractivity contribution in [3.63, 3.8) is 0 Å². The van der Waals surface area contributed by atoms with Gasteiger partial charge in [-0.05, 0) is 61.2 Å². The number of primary sulfonamides is 1. The molecule has 1 aromatic heterocycles. The number of hydrogen-bond donors (Lipinski definition) is 3. The molecular weight excluding hydrogens is 498 g/mol. The van der Waals surface area contributed by atoms with Gasteiger partial charge in [0.2, 0.25) is 15.9 Å². The SMILES string of the molecule is CCCC1CCN(CC(C(=O)Nc2ccc3[nH]nc(-c4cccc(S(N)(=O)=O)c4)c3c2)c2ccccc2)C1. The second-order valence-corrected chi connectivity index (χ2v) is 11.6. The summed E-state index contributed by atoms with van der Waals surface area (Å²) in [4.78, 5) is 16.1. The number of sulfonamides is 1. The molecule has 1 aliphatic heterocycles. The Hall–Kier alpha value is -3.53. The number of hydrogen-bond acceptors (Lipinski definition) is 5. The van der Waals surface area contributed by atoms with E-state index in [0.717, 1.165) is 29.6 Å². The van der Waals surface area contributed by atoms with Crippen LogP contribution < -0.4 is 10.5 Å². The Labute approximate surface area is 223 Å². The molecule has 1 aliphatic rings. The molecule has 3 aromatic carbocycles. The molecule has 4 aromatic rings. The maximum Gasteiger partial charge on any atom is 0.238 e. The number of nitrogens with one attached hydrogen (secondary N) is 2. The van der Waals surface area contributed by atoms with Gasteiger partial charge in [-0.2, -0.15) is 5.10 Å². The highest BCUT2D eigenvalue weighted by Gasteiger charge is 2.28. The number of nitrogens with two attached hydrogens (primary N) is 1. The third-order valence-electron chi connectivity index (χ3n) is 7.29. The first-order valence-corrected chi connectivity index (χ1v) is 14.6. The van der Waals surface area contributed by atoms with Gasteiger partial charge < -0.3 is 10.2 Å². The molecule has 1 saturated heterocycles. The van der Waals surface area contributed by atoms with Gasteiger partial charge in [0.1, 0.15) is 5.69 Å². The Bertz CT molecular complexity index is 1530. The van der Waals surface area contributed by atoms with Crippen LogP contribution in [0.2, 0.25) is 0 Å². The average Bonchev–Trinajstić information content (AvgIpc) is 3.54. The summed E-state index contributed by atoms with van der Waals surface area (Å²) in [6.07, 6.45) is 3.60. The summed E-state index contributed by atoms with van der Waals surface area (Å²) < 4.78 is 23.7. The molecule has 9 heteroatoms. The van der Waals surface area contributed by atoms with Crippen molar-refractivity contribution in [3.05, 3.63) is 78.4 Å². The third kappa shape index (κ3) is 5.80. The minimum absolute atomic E-state index is 0.0180. The largest absolute Gasteiger partial charge is 0.325 e. The number of carbonyl (C=O) groups is 1. The van der Waals surface area contributed by atoms with Gasteiger partial charge in [-0.25, -0.2) is 13.6 Å². The normalized spacial score (nSPS) is 17.1. The monoisotopic (exact) mass is 531 g/mol. The van der Waals surface area contributed by atoms with Crippen molar-refractivity contribution in [1.82, 2.24) is 15.1 Å². The van der Waals surface area contributed by atoms with E-state index in [-0.39, 0.29) is 16.7 Å². The molecule has 4 N–H and O–H groups in total. The Morgan fingerprint density at radius 1 is 1.13 bits per heavy atom. The number of likely N-dealkylation sites (tertiary alicyclic amines) is 1. The topological polar surface area (TPSA) is 121 Å². The first-order valence-electron chi connectivity index (χ1n) is 13.0. The number of aromatic amines is 1. The average molecular weight is 532 g/mol. The summed E-state index contributed by atoms with van der Waals surface area (Å²) in [6, 6.07) is 21.9. The fourth-order valence-electron chi connectivity index (χ4n) is 5.37. The number of benzene rings is 3. The molecule has 1 fully saturated rings. The molecule has 5 rings (SSSR count). The van der Waals surface area contributed by atoms with Gasteiger partial charge in [0, 0.05) is 29.7 Å². The molecule has 198 valence electrons. The van der Waals surface area contributed by atoms with Crippen molar-refractivity contribution in [2.45, 2.75) is 37.0 Å². The lowest BCUT2D eigenvalue weighted by molar-refractivity contribution is -0.118. The van der Waals surface area contributed by atoms with E-state index < -0.39 is 10.0 Å². The lowest BCUT2D eigenvalue weighted by Gasteiger charge is -2.24. The second-order valence-electron chi connectivity index (χ2n) is 10.1. The van der Waals surface area contributed by atoms with Crippen molar-refractivity contribution in [2.24, 2.45) is 11.1 Å². The molecule has 0 radical (unpaired) electrons. The number of carbonyl (C=O) groups excluding carboxylic acids is 1. The van der Waals surface area contributed by atoms with Crippen LogP contribution in [0.3, 0.4) is 0 Å². The van der Waals surface area contributed by atoms with Crippen LogP contribution in [0.1, 0.15) is 37.7 Å². The van der Waals surface area contributed by atoms with Crippen LogP contribution >= 0.6 is 0 Å². The number of rotatable bonds is 9. The van der Waals surface area contributed by atoms with E-state index in [1.54, 1.807) is 12.1 Å². The lowest BCUT2D eigenvalue weighted by atomic mass is 9.97. The zero-order chi connectivity index (χ0) is 26.7. The van der Waals surface area contributed by atoms with Gasteiger partial charge in [0.15, 0.2) is 0 Å². The standard InChI is InChI=1S/C29H33N5O3S/c1-2-7-20-14-15-34(18-20)19-26(21-8-4-3-5-9-21)29(35)31-23-12-13-27-25(17-23)28(33-32-27)22-10-6-11-24(16-22)38(30,36)37/h3-6,8-13,16-17,20,26H,2,7,14-15,18-19H2,1H3,(H,31,35)(H,32,33)(H2,30,36,37). The molecule has 38 heavy (non-hydrogen) atoms. The summed E-state index contributed by atoms with van der Waals surface area (Å²) in [7, 11) is -3.85. The zero-order valence-corrected chi connectivity index (χ0v) is 22.2. The van der Waals surface area contributed by atoms with Crippen LogP contribution in [0.5, 0.6) is 0 Å². The minimum atomic E-state index is -3.85. The molecule has 8 nitrogen and oxygen atoms in total. The van der Waals surface area contributed by atoms with Gasteiger partial charge in [-0.3, -0.25) is 9.89 Å². The maximum atomic E-state index is 13.7. The Morgan fingerprint density at radius 3 is 2.71 bits per heavy atom. The van der Waals surface area contributed by atoms with Crippen molar-refractivity contribution in [3.8, 4) is 11.3 Å². The molecule has 2 unspecified atom stereocenters. The van der Waals surface area contributed by atoms with E-state index in [1.165, 1.54) is 31.4 Å². The summed E-state index contributed by atoms with van der Waals surface area (Å²) >= 11 is 0. The molecular formula is C29H33N5O3S. The summed E-state index contributed by atoms with van der Waals surface area (Å²) in [5, 5.41) is 16.6. The van der Waals surface area contributed by atoms with Gasteiger partial charge in [0.05, 0.1) is 16.3 Å². The van der Waals surface area contributed by atoms with Crippen LogP contribution in [0.25, 0.3) is 22.2 Å². The predicted molar refractivity (Wildman–Crippen MR) is 150 cm³/mol. The van der Waals surface area contributed by atoms with Crippen molar-refractivity contribution >= 4 is 32.5 Å². The van der Waals surface area contributed by atoms with Crippen LogP contribution in [0.4, 0.5) is 5.69 Å². The predicted octanol–water partition coefficient (Wildman–Crippen LogP) is 4.72. The molecule has 0 aliphatic carbocycles. The smallest absolute Gasteiger partial charge is 0.238 e. The fraction of sp³-hybridized carbons (Fsp3) is 0.310. The number of H-pyrrole nitrogens is 1. The van der Waals surface area contributed by atoms with Crippen LogP contribution in [0, 0.1) is 5.92 Å². The van der Waals surface area contributed by atoms with E-state index in [4.69, 9.17) is 5.14 Å². The number of anilines is 1. The summed E-state index contributed by atoms with van der Waals surface area (Å²) in [6.45, 7) is 4.95. The first-order chi connectivity index (χ1) is 18.3. The van der Waals surface area contributed by atoms with Gasteiger partial charge in [0.25, 0.3) is 0 Å². The summed E-state index contributed by atoms with van der Waals surface area (Å²) in [5.74, 6) is 0.340. The van der Waals surface area contributed by atoms with Gasteiger partial charge >= 0.3 is 0 Å². The molecule has 0 spiro atoms. The van der Waals surface area contributed by atoms with Crippen molar-refractivity contribution in [2.75, 3.05) is 25.0 Å². The number of aromatic nitrogens is 2. The second kappa shape index (κ2) is 11.1. The van der Waals surface area contributed by atoms with E-state index in [2.05, 4.69) is 27.3 Å². The number of nitrogens with zero attached hydrogens (tertiary/aromatic N) is 2. The maximum absolute atomic E-state index is 13.7. The Morgan fingerprint density at radius 2 is 1.95 bits per heavy atom. The highest BCUT2D eigenvalue weighted by Crippen LogP contribution is 2.31. The highest BCUT2D eigenvalue weighted by molar-refractivity contribution is 7.89. The first kappa shape index (κ1) is 26.1. The van der Waals surface area contributed by atoms with Crippen molar-refractivity contribution < 1.29 is 13.2 Å². The molecule has 2 atom stereocenters. The van der Waals surface area contributed by atoms with E-state index in [1.807, 2.05) is 48.5 Å². The van der Waals surface area contributed by atoms with E-state index >= 15 is 0 Å². The highest BCUT2D eigenvalue weighted by atomic mass is 32.2. The molecule has 2 heterocycles. The molecule has 1 amide bonds. The van der Waals surface area contributed by atoms with Crippen LogP contribution in [-0.4, -0.2) is 49.1 Å². The molecule has 0 bridgehead atoms. The van der Waals surface area contributed by atoms with Gasteiger partial charge in [-0.15, -0.1) is 0 Å². The quantitative estimate of drug-likeness (QED) is 0.289.